The summed E-state index contributed by atoms with van der Waals surface area (Å²) < 4.78 is 37.1. The highest BCUT2D eigenvalue weighted by atomic mass is 19.4. The number of tetrazole rings is 1. The molecule has 0 amide bonds. The average molecular weight is 237 g/mol. The van der Waals surface area contributed by atoms with E-state index in [9.17, 15) is 13.2 Å². The smallest absolute Gasteiger partial charge is 0.310 e. The van der Waals surface area contributed by atoms with E-state index in [0.29, 0.717) is 12.4 Å². The zero-order valence-corrected chi connectivity index (χ0v) is 8.96. The van der Waals surface area contributed by atoms with Crippen LogP contribution in [0.15, 0.2) is 0 Å². The first kappa shape index (κ1) is 12.9. The Balaban J connectivity index is 2.44. The van der Waals surface area contributed by atoms with E-state index in [-0.39, 0.29) is 6.54 Å². The van der Waals surface area contributed by atoms with Gasteiger partial charge in [0.1, 0.15) is 0 Å². The third kappa shape index (κ3) is 4.56. The van der Waals surface area contributed by atoms with Gasteiger partial charge in [-0.05, 0) is 23.4 Å². The number of aromatic nitrogens is 4. The monoisotopic (exact) mass is 237 g/mol. The zero-order chi connectivity index (χ0) is 12.0. The number of nitrogens with zero attached hydrogens (tertiary/aromatic N) is 4. The molecule has 1 N–H and O–H groups in total. The number of hydrogen-bond donors (Lipinski definition) is 1. The average Bonchev–Trinajstić information content (AvgIpc) is 2.62. The van der Waals surface area contributed by atoms with Crippen molar-refractivity contribution in [2.45, 2.75) is 39.0 Å². The van der Waals surface area contributed by atoms with Gasteiger partial charge in [-0.25, -0.2) is 4.68 Å². The first-order chi connectivity index (χ1) is 7.53. The zero-order valence-electron chi connectivity index (χ0n) is 8.96. The molecule has 0 aliphatic carbocycles. The van der Waals surface area contributed by atoms with Crippen molar-refractivity contribution in [2.75, 3.05) is 6.54 Å². The first-order valence-corrected chi connectivity index (χ1v) is 5.05. The van der Waals surface area contributed by atoms with Gasteiger partial charge >= 0.3 is 6.18 Å². The third-order valence-corrected chi connectivity index (χ3v) is 1.92. The summed E-state index contributed by atoms with van der Waals surface area (Å²) in [5.74, 6) is 0.428. The molecule has 0 aromatic carbocycles. The fourth-order valence-corrected chi connectivity index (χ4v) is 1.13. The van der Waals surface area contributed by atoms with E-state index in [0.717, 1.165) is 13.0 Å². The molecule has 0 spiro atoms. The summed E-state index contributed by atoms with van der Waals surface area (Å²) in [7, 11) is 0. The molecule has 0 atom stereocenters. The molecule has 0 radical (unpaired) electrons. The fraction of sp³-hybridized carbons (Fsp3) is 0.875. The summed E-state index contributed by atoms with van der Waals surface area (Å²) in [5.41, 5.74) is 0. The standard InChI is InChI=1S/C8H14F3N5/c1-2-4-12-6-7-13-14-15-16(7)5-3-8(9,10)11/h12H,2-6H2,1H3. The highest BCUT2D eigenvalue weighted by molar-refractivity contribution is 4.79. The van der Waals surface area contributed by atoms with Crippen LogP contribution < -0.4 is 5.32 Å². The van der Waals surface area contributed by atoms with Crippen molar-refractivity contribution in [3.8, 4) is 0 Å². The molecule has 0 unspecified atom stereocenters. The highest BCUT2D eigenvalue weighted by Gasteiger charge is 2.27. The summed E-state index contributed by atoms with van der Waals surface area (Å²) in [6.07, 6.45) is -4.15. The van der Waals surface area contributed by atoms with Crippen LogP contribution in [0.5, 0.6) is 0 Å². The quantitative estimate of drug-likeness (QED) is 0.753. The van der Waals surface area contributed by atoms with Crippen molar-refractivity contribution in [1.82, 2.24) is 25.5 Å². The molecule has 0 fully saturated rings. The number of nitrogens with one attached hydrogen (secondary N) is 1. The first-order valence-electron chi connectivity index (χ1n) is 5.05. The number of halogens is 3. The van der Waals surface area contributed by atoms with Gasteiger partial charge in [0.25, 0.3) is 0 Å². The second-order valence-corrected chi connectivity index (χ2v) is 3.36. The molecular formula is C8H14F3N5. The molecule has 1 rings (SSSR count). The molecule has 5 nitrogen and oxygen atoms in total. The van der Waals surface area contributed by atoms with E-state index in [1.54, 1.807) is 0 Å². The lowest BCUT2D eigenvalue weighted by atomic mass is 10.4. The summed E-state index contributed by atoms with van der Waals surface area (Å²) in [6, 6.07) is 0. The van der Waals surface area contributed by atoms with Crippen LogP contribution in [0.3, 0.4) is 0 Å². The van der Waals surface area contributed by atoms with Crippen molar-refractivity contribution < 1.29 is 13.2 Å². The number of aryl methyl sites for hydroxylation is 1. The van der Waals surface area contributed by atoms with E-state index in [1.165, 1.54) is 4.68 Å². The van der Waals surface area contributed by atoms with Crippen LogP contribution in [-0.2, 0) is 13.1 Å². The molecule has 1 aromatic rings. The molecule has 0 aliphatic rings. The van der Waals surface area contributed by atoms with E-state index in [2.05, 4.69) is 20.8 Å². The van der Waals surface area contributed by atoms with Gasteiger partial charge in [0.05, 0.1) is 19.5 Å². The SMILES string of the molecule is CCCNCc1nnnn1CCC(F)(F)F. The Morgan fingerprint density at radius 3 is 2.75 bits per heavy atom. The predicted octanol–water partition coefficient (Wildman–Crippen LogP) is 1.13. The molecule has 1 aromatic heterocycles. The summed E-state index contributed by atoms with van der Waals surface area (Å²) in [5, 5.41) is 13.6. The summed E-state index contributed by atoms with van der Waals surface area (Å²) in [6.45, 7) is 2.93. The van der Waals surface area contributed by atoms with E-state index < -0.39 is 12.6 Å². The maximum absolute atomic E-state index is 12.0. The van der Waals surface area contributed by atoms with Crippen LogP contribution in [0.1, 0.15) is 25.6 Å². The van der Waals surface area contributed by atoms with Crippen molar-refractivity contribution in [2.24, 2.45) is 0 Å². The van der Waals surface area contributed by atoms with Crippen molar-refractivity contribution in [1.29, 1.82) is 0 Å². The minimum atomic E-state index is -4.18. The molecule has 0 bridgehead atoms. The second kappa shape index (κ2) is 5.78. The van der Waals surface area contributed by atoms with Gasteiger partial charge in [-0.1, -0.05) is 6.92 Å². The Kier molecular flexibility index (Phi) is 4.66. The second-order valence-electron chi connectivity index (χ2n) is 3.36. The molecule has 8 heteroatoms. The summed E-state index contributed by atoms with van der Waals surface area (Å²) >= 11 is 0. The van der Waals surface area contributed by atoms with Gasteiger partial charge in [-0.3, -0.25) is 0 Å². The van der Waals surface area contributed by atoms with Gasteiger partial charge in [-0.2, -0.15) is 13.2 Å². The number of hydrogen-bond acceptors (Lipinski definition) is 4. The molecule has 0 saturated carbocycles. The van der Waals surface area contributed by atoms with Gasteiger partial charge in [0.2, 0.25) is 0 Å². The highest BCUT2D eigenvalue weighted by Crippen LogP contribution is 2.20. The number of rotatable bonds is 6. The van der Waals surface area contributed by atoms with Gasteiger partial charge < -0.3 is 5.32 Å². The molecule has 1 heterocycles. The lowest BCUT2D eigenvalue weighted by molar-refractivity contribution is -0.137. The molecule has 0 aliphatic heterocycles. The topological polar surface area (TPSA) is 55.6 Å². The van der Waals surface area contributed by atoms with Gasteiger partial charge in [0, 0.05) is 0 Å². The fourth-order valence-electron chi connectivity index (χ4n) is 1.13. The molecule has 92 valence electrons. The maximum atomic E-state index is 12.0. The van der Waals surface area contributed by atoms with Crippen LogP contribution in [0, 0.1) is 0 Å². The van der Waals surface area contributed by atoms with Crippen LogP contribution >= 0.6 is 0 Å². The van der Waals surface area contributed by atoms with E-state index >= 15 is 0 Å². The minimum Gasteiger partial charge on any atom is -0.310 e. The van der Waals surface area contributed by atoms with Crippen LogP contribution in [0.25, 0.3) is 0 Å². The lowest BCUT2D eigenvalue weighted by Crippen LogP contribution is -2.20. The van der Waals surface area contributed by atoms with Gasteiger partial charge in [-0.15, -0.1) is 5.10 Å². The van der Waals surface area contributed by atoms with Crippen LogP contribution in [0.2, 0.25) is 0 Å². The Labute approximate surface area is 91.0 Å². The Morgan fingerprint density at radius 2 is 2.12 bits per heavy atom. The number of alkyl halides is 3. The molecule has 16 heavy (non-hydrogen) atoms. The van der Waals surface area contributed by atoms with Crippen molar-refractivity contribution in [3.05, 3.63) is 5.82 Å². The van der Waals surface area contributed by atoms with Crippen molar-refractivity contribution >= 4 is 0 Å². The maximum Gasteiger partial charge on any atom is 0.390 e. The van der Waals surface area contributed by atoms with E-state index in [4.69, 9.17) is 0 Å². The predicted molar refractivity (Wildman–Crippen MR) is 50.5 cm³/mol. The van der Waals surface area contributed by atoms with Crippen molar-refractivity contribution in [3.63, 3.8) is 0 Å². The largest absolute Gasteiger partial charge is 0.390 e. The summed E-state index contributed by atoms with van der Waals surface area (Å²) in [4.78, 5) is 0. The third-order valence-electron chi connectivity index (χ3n) is 1.92. The molecular weight excluding hydrogens is 223 g/mol. The van der Waals surface area contributed by atoms with E-state index in [1.807, 2.05) is 6.92 Å². The Morgan fingerprint density at radius 1 is 1.38 bits per heavy atom. The minimum absolute atomic E-state index is 0.236. The molecule has 0 saturated heterocycles. The normalized spacial score (nSPS) is 12.0. The van der Waals surface area contributed by atoms with Crippen LogP contribution in [-0.4, -0.2) is 32.9 Å². The van der Waals surface area contributed by atoms with Gasteiger partial charge in [0.15, 0.2) is 5.82 Å². The van der Waals surface area contributed by atoms with Crippen LogP contribution in [0.4, 0.5) is 13.2 Å². The Bertz CT molecular complexity index is 309. The lowest BCUT2D eigenvalue weighted by Gasteiger charge is -2.07. The Hall–Kier alpha value is -1.18.